The standard InChI is InChI=1S/C14H11BrCl2N2S/c15-10-3-6-13(12(17)7-10)19-14(20)18-8-9-1-4-11(16)5-2-9/h1-7H,8H2,(H2,18,19,20). The van der Waals surface area contributed by atoms with Gasteiger partial charge < -0.3 is 10.6 Å². The summed E-state index contributed by atoms with van der Waals surface area (Å²) in [6, 6.07) is 13.2. The second-order valence-electron chi connectivity index (χ2n) is 4.06. The first kappa shape index (κ1) is 15.6. The van der Waals surface area contributed by atoms with E-state index in [1.165, 1.54) is 0 Å². The maximum absolute atomic E-state index is 6.11. The fourth-order valence-electron chi connectivity index (χ4n) is 1.54. The maximum Gasteiger partial charge on any atom is 0.171 e. The molecule has 0 aromatic heterocycles. The second-order valence-corrected chi connectivity index (χ2v) is 6.23. The van der Waals surface area contributed by atoms with Crippen molar-refractivity contribution in [2.75, 3.05) is 5.32 Å². The molecule has 0 aliphatic rings. The van der Waals surface area contributed by atoms with Gasteiger partial charge in [0.2, 0.25) is 0 Å². The van der Waals surface area contributed by atoms with Gasteiger partial charge in [-0.2, -0.15) is 0 Å². The summed E-state index contributed by atoms with van der Waals surface area (Å²) in [5.41, 5.74) is 1.86. The first-order valence-electron chi connectivity index (χ1n) is 5.79. The zero-order valence-electron chi connectivity index (χ0n) is 10.3. The van der Waals surface area contributed by atoms with Gasteiger partial charge in [0, 0.05) is 16.0 Å². The average molecular weight is 390 g/mol. The highest BCUT2D eigenvalue weighted by Gasteiger charge is 2.03. The Morgan fingerprint density at radius 2 is 1.80 bits per heavy atom. The molecule has 0 fully saturated rings. The van der Waals surface area contributed by atoms with Crippen LogP contribution in [-0.2, 0) is 6.54 Å². The Labute approximate surface area is 141 Å². The van der Waals surface area contributed by atoms with Crippen molar-refractivity contribution < 1.29 is 0 Å². The van der Waals surface area contributed by atoms with E-state index in [-0.39, 0.29) is 0 Å². The van der Waals surface area contributed by atoms with E-state index in [4.69, 9.17) is 35.4 Å². The Hall–Kier alpha value is -0.810. The van der Waals surface area contributed by atoms with E-state index in [2.05, 4.69) is 26.6 Å². The van der Waals surface area contributed by atoms with Gasteiger partial charge in [0.1, 0.15) is 0 Å². The number of benzene rings is 2. The molecule has 0 unspecified atom stereocenters. The molecular formula is C14H11BrCl2N2S. The first-order valence-corrected chi connectivity index (χ1v) is 7.74. The third-order valence-electron chi connectivity index (χ3n) is 2.55. The Balaban J connectivity index is 1.90. The number of halogens is 3. The Kier molecular flexibility index (Phi) is 5.66. The highest BCUT2D eigenvalue weighted by Crippen LogP contribution is 2.25. The average Bonchev–Trinajstić information content (AvgIpc) is 2.41. The minimum Gasteiger partial charge on any atom is -0.358 e. The van der Waals surface area contributed by atoms with Crippen LogP contribution in [0.15, 0.2) is 46.9 Å². The Morgan fingerprint density at radius 3 is 2.45 bits per heavy atom. The zero-order chi connectivity index (χ0) is 14.5. The first-order chi connectivity index (χ1) is 9.54. The lowest BCUT2D eigenvalue weighted by molar-refractivity contribution is 0.926. The molecule has 20 heavy (non-hydrogen) atoms. The molecule has 2 N–H and O–H groups in total. The molecule has 104 valence electrons. The van der Waals surface area contributed by atoms with Crippen molar-refractivity contribution in [3.05, 3.63) is 62.5 Å². The van der Waals surface area contributed by atoms with Crippen LogP contribution in [0.2, 0.25) is 10.0 Å². The second kappa shape index (κ2) is 7.27. The molecule has 6 heteroatoms. The van der Waals surface area contributed by atoms with Crippen LogP contribution < -0.4 is 10.6 Å². The Morgan fingerprint density at radius 1 is 1.10 bits per heavy atom. The van der Waals surface area contributed by atoms with E-state index in [0.29, 0.717) is 16.7 Å². The van der Waals surface area contributed by atoms with E-state index in [0.717, 1.165) is 20.7 Å². The van der Waals surface area contributed by atoms with Crippen LogP contribution >= 0.6 is 51.3 Å². The van der Waals surface area contributed by atoms with Crippen LogP contribution in [0.25, 0.3) is 0 Å². The topological polar surface area (TPSA) is 24.1 Å². The molecule has 0 aliphatic heterocycles. The summed E-state index contributed by atoms with van der Waals surface area (Å²) in [6.45, 7) is 0.622. The van der Waals surface area contributed by atoms with Crippen molar-refractivity contribution in [3.63, 3.8) is 0 Å². The minimum absolute atomic E-state index is 0.518. The van der Waals surface area contributed by atoms with E-state index in [1.807, 2.05) is 42.5 Å². The predicted molar refractivity (Wildman–Crippen MR) is 93.7 cm³/mol. The maximum atomic E-state index is 6.11. The van der Waals surface area contributed by atoms with Gasteiger partial charge in [0.15, 0.2) is 5.11 Å². The highest BCUT2D eigenvalue weighted by molar-refractivity contribution is 9.10. The number of nitrogens with one attached hydrogen (secondary N) is 2. The van der Waals surface area contributed by atoms with Gasteiger partial charge in [-0.1, -0.05) is 51.3 Å². The molecule has 2 rings (SSSR count). The van der Waals surface area contributed by atoms with Gasteiger partial charge in [-0.3, -0.25) is 0 Å². The molecule has 2 aromatic carbocycles. The van der Waals surface area contributed by atoms with Crippen LogP contribution in [0.3, 0.4) is 0 Å². The molecule has 0 saturated heterocycles. The molecule has 0 spiro atoms. The van der Waals surface area contributed by atoms with Crippen molar-refractivity contribution in [1.82, 2.24) is 5.32 Å². The van der Waals surface area contributed by atoms with Crippen molar-refractivity contribution in [2.24, 2.45) is 0 Å². The number of hydrogen-bond donors (Lipinski definition) is 2. The fraction of sp³-hybridized carbons (Fsp3) is 0.0714. The summed E-state index contributed by atoms with van der Waals surface area (Å²) in [5, 5.41) is 8.02. The minimum atomic E-state index is 0.518. The van der Waals surface area contributed by atoms with Gasteiger partial charge in [-0.15, -0.1) is 0 Å². The lowest BCUT2D eigenvalue weighted by Gasteiger charge is -2.12. The Bertz CT molecular complexity index is 617. The molecule has 0 heterocycles. The SMILES string of the molecule is S=C(NCc1ccc(Cl)cc1)Nc1ccc(Br)cc1Cl. The lowest BCUT2D eigenvalue weighted by Crippen LogP contribution is -2.27. The van der Waals surface area contributed by atoms with Crippen molar-refractivity contribution in [2.45, 2.75) is 6.54 Å². The molecule has 2 nitrogen and oxygen atoms in total. The normalized spacial score (nSPS) is 10.2. The monoisotopic (exact) mass is 388 g/mol. The van der Waals surface area contributed by atoms with Crippen LogP contribution in [0, 0.1) is 0 Å². The van der Waals surface area contributed by atoms with E-state index >= 15 is 0 Å². The zero-order valence-corrected chi connectivity index (χ0v) is 14.2. The summed E-state index contributed by atoms with van der Waals surface area (Å²) < 4.78 is 0.924. The molecule has 2 aromatic rings. The molecule has 0 amide bonds. The number of hydrogen-bond acceptors (Lipinski definition) is 1. The van der Waals surface area contributed by atoms with Gasteiger partial charge in [0.05, 0.1) is 10.7 Å². The molecule has 0 aliphatic carbocycles. The van der Waals surface area contributed by atoms with Gasteiger partial charge in [-0.05, 0) is 48.1 Å². The van der Waals surface area contributed by atoms with Crippen LogP contribution in [-0.4, -0.2) is 5.11 Å². The number of rotatable bonds is 3. The van der Waals surface area contributed by atoms with E-state index in [1.54, 1.807) is 0 Å². The van der Waals surface area contributed by atoms with Gasteiger partial charge in [0.25, 0.3) is 0 Å². The third-order valence-corrected chi connectivity index (χ3v) is 3.85. The fourth-order valence-corrected chi connectivity index (χ4v) is 2.57. The molecule has 0 atom stereocenters. The smallest absolute Gasteiger partial charge is 0.171 e. The van der Waals surface area contributed by atoms with Crippen molar-refractivity contribution >= 4 is 62.1 Å². The van der Waals surface area contributed by atoms with Gasteiger partial charge in [-0.25, -0.2) is 0 Å². The predicted octanol–water partition coefficient (Wildman–Crippen LogP) is 5.24. The lowest BCUT2D eigenvalue weighted by atomic mass is 10.2. The molecule has 0 radical (unpaired) electrons. The summed E-state index contributed by atoms with van der Waals surface area (Å²) in [5.74, 6) is 0. The summed E-state index contributed by atoms with van der Waals surface area (Å²) in [4.78, 5) is 0. The van der Waals surface area contributed by atoms with Crippen LogP contribution in [0.4, 0.5) is 5.69 Å². The summed E-state index contributed by atoms with van der Waals surface area (Å²) in [6.07, 6.45) is 0. The molecule has 0 saturated carbocycles. The third kappa shape index (κ3) is 4.63. The largest absolute Gasteiger partial charge is 0.358 e. The van der Waals surface area contributed by atoms with Gasteiger partial charge >= 0.3 is 0 Å². The van der Waals surface area contributed by atoms with Crippen LogP contribution in [0.1, 0.15) is 5.56 Å². The van der Waals surface area contributed by atoms with Crippen LogP contribution in [0.5, 0.6) is 0 Å². The number of anilines is 1. The summed E-state index contributed by atoms with van der Waals surface area (Å²) >= 11 is 20.5. The summed E-state index contributed by atoms with van der Waals surface area (Å²) in [7, 11) is 0. The molecular weight excluding hydrogens is 379 g/mol. The molecule has 0 bridgehead atoms. The highest BCUT2D eigenvalue weighted by atomic mass is 79.9. The van der Waals surface area contributed by atoms with Crippen molar-refractivity contribution in [3.8, 4) is 0 Å². The quantitative estimate of drug-likeness (QED) is 0.701. The van der Waals surface area contributed by atoms with E-state index < -0.39 is 0 Å². The van der Waals surface area contributed by atoms with E-state index in [9.17, 15) is 0 Å². The van der Waals surface area contributed by atoms with Crippen molar-refractivity contribution in [1.29, 1.82) is 0 Å². The number of thiocarbonyl (C=S) groups is 1.